The van der Waals surface area contributed by atoms with Crippen LogP contribution in [0.25, 0.3) is 17.1 Å². The molecule has 0 aliphatic carbocycles. The summed E-state index contributed by atoms with van der Waals surface area (Å²) in [5, 5.41) is 8.20. The molecule has 3 rings (SSSR count). The molecule has 0 bridgehead atoms. The standard InChI is InChI=1S/C15H14N4/c1-11-7-8-14(16)13(9-11)15-18-17-10-19(15)12-5-3-2-4-6-12/h2-10H,16H2,1H3. The van der Waals surface area contributed by atoms with Crippen LogP contribution in [-0.4, -0.2) is 14.8 Å². The Morgan fingerprint density at radius 2 is 1.84 bits per heavy atom. The molecule has 19 heavy (non-hydrogen) atoms. The predicted molar refractivity (Wildman–Crippen MR) is 75.9 cm³/mol. The van der Waals surface area contributed by atoms with Gasteiger partial charge < -0.3 is 5.73 Å². The van der Waals surface area contributed by atoms with E-state index in [9.17, 15) is 0 Å². The Morgan fingerprint density at radius 3 is 2.63 bits per heavy atom. The summed E-state index contributed by atoms with van der Waals surface area (Å²) in [5.74, 6) is 0.757. The zero-order valence-electron chi connectivity index (χ0n) is 10.6. The van der Waals surface area contributed by atoms with E-state index in [1.54, 1.807) is 6.33 Å². The Kier molecular flexibility index (Phi) is 2.76. The van der Waals surface area contributed by atoms with Crippen LogP contribution in [0.4, 0.5) is 5.69 Å². The van der Waals surface area contributed by atoms with Crippen LogP contribution in [0.2, 0.25) is 0 Å². The van der Waals surface area contributed by atoms with Gasteiger partial charge in [-0.15, -0.1) is 10.2 Å². The van der Waals surface area contributed by atoms with Crippen molar-refractivity contribution in [2.75, 3.05) is 5.73 Å². The first-order chi connectivity index (χ1) is 9.25. The van der Waals surface area contributed by atoms with E-state index in [-0.39, 0.29) is 0 Å². The highest BCUT2D eigenvalue weighted by atomic mass is 15.3. The Morgan fingerprint density at radius 1 is 1.05 bits per heavy atom. The van der Waals surface area contributed by atoms with Gasteiger partial charge in [-0.05, 0) is 31.2 Å². The SMILES string of the molecule is Cc1ccc(N)c(-c2nncn2-c2ccccc2)c1. The molecule has 0 spiro atoms. The van der Waals surface area contributed by atoms with Crippen LogP contribution in [0, 0.1) is 6.92 Å². The molecule has 3 aromatic rings. The zero-order chi connectivity index (χ0) is 13.2. The molecular formula is C15H14N4. The van der Waals surface area contributed by atoms with Crippen molar-refractivity contribution >= 4 is 5.69 Å². The van der Waals surface area contributed by atoms with Crippen molar-refractivity contribution < 1.29 is 0 Å². The number of aromatic nitrogens is 3. The molecule has 2 N–H and O–H groups in total. The lowest BCUT2D eigenvalue weighted by Crippen LogP contribution is -1.99. The molecule has 0 amide bonds. The number of nitrogen functional groups attached to an aromatic ring is 1. The molecule has 4 nitrogen and oxygen atoms in total. The Balaban J connectivity index is 2.18. The first kappa shape index (κ1) is 11.5. The summed E-state index contributed by atoms with van der Waals surface area (Å²) in [5.41, 5.74) is 9.82. The molecule has 0 aliphatic rings. The third kappa shape index (κ3) is 2.08. The topological polar surface area (TPSA) is 56.7 Å². The molecule has 0 atom stereocenters. The van der Waals surface area contributed by atoms with Crippen molar-refractivity contribution in [3.63, 3.8) is 0 Å². The summed E-state index contributed by atoms with van der Waals surface area (Å²) in [7, 11) is 0. The third-order valence-electron chi connectivity index (χ3n) is 3.03. The highest BCUT2D eigenvalue weighted by molar-refractivity contribution is 5.73. The first-order valence-electron chi connectivity index (χ1n) is 6.07. The molecule has 0 fully saturated rings. The smallest absolute Gasteiger partial charge is 0.170 e. The van der Waals surface area contributed by atoms with Crippen molar-refractivity contribution in [1.29, 1.82) is 0 Å². The molecule has 0 aliphatic heterocycles. The van der Waals surface area contributed by atoms with E-state index in [1.165, 1.54) is 0 Å². The summed E-state index contributed by atoms with van der Waals surface area (Å²) < 4.78 is 1.94. The van der Waals surface area contributed by atoms with Gasteiger partial charge in [-0.1, -0.05) is 29.8 Å². The van der Waals surface area contributed by atoms with E-state index in [0.29, 0.717) is 5.69 Å². The lowest BCUT2D eigenvalue weighted by Gasteiger charge is -2.09. The van der Waals surface area contributed by atoms with Crippen LogP contribution in [0.15, 0.2) is 54.9 Å². The van der Waals surface area contributed by atoms with Gasteiger partial charge in [-0.25, -0.2) is 0 Å². The molecule has 1 heterocycles. The number of aryl methyl sites for hydroxylation is 1. The number of nitrogens with zero attached hydrogens (tertiary/aromatic N) is 3. The fourth-order valence-electron chi connectivity index (χ4n) is 2.06. The zero-order valence-corrected chi connectivity index (χ0v) is 10.6. The summed E-state index contributed by atoms with van der Waals surface area (Å²) in [6, 6.07) is 15.9. The van der Waals surface area contributed by atoms with Gasteiger partial charge in [0.15, 0.2) is 5.82 Å². The summed E-state index contributed by atoms with van der Waals surface area (Å²) in [4.78, 5) is 0. The molecule has 1 aromatic heterocycles. The predicted octanol–water partition coefficient (Wildman–Crippen LogP) is 2.82. The average molecular weight is 250 g/mol. The second-order valence-corrected chi connectivity index (χ2v) is 4.45. The third-order valence-corrected chi connectivity index (χ3v) is 3.03. The highest BCUT2D eigenvalue weighted by Gasteiger charge is 2.11. The van der Waals surface area contributed by atoms with Gasteiger partial charge in [0.05, 0.1) is 0 Å². The number of para-hydroxylation sites is 1. The van der Waals surface area contributed by atoms with Gasteiger partial charge in [-0.2, -0.15) is 0 Å². The van der Waals surface area contributed by atoms with Crippen LogP contribution in [0.3, 0.4) is 0 Å². The monoisotopic (exact) mass is 250 g/mol. The van der Waals surface area contributed by atoms with E-state index < -0.39 is 0 Å². The Hall–Kier alpha value is -2.62. The fourth-order valence-corrected chi connectivity index (χ4v) is 2.06. The van der Waals surface area contributed by atoms with E-state index in [1.807, 2.05) is 60.0 Å². The average Bonchev–Trinajstić information content (AvgIpc) is 2.91. The number of hydrogen-bond acceptors (Lipinski definition) is 3. The minimum atomic E-state index is 0.704. The minimum absolute atomic E-state index is 0.704. The second kappa shape index (κ2) is 4.57. The van der Waals surface area contributed by atoms with E-state index in [2.05, 4.69) is 10.2 Å². The van der Waals surface area contributed by atoms with Crippen molar-refractivity contribution in [3.05, 3.63) is 60.4 Å². The van der Waals surface area contributed by atoms with Gasteiger partial charge in [0, 0.05) is 16.9 Å². The van der Waals surface area contributed by atoms with Crippen LogP contribution in [0.1, 0.15) is 5.56 Å². The molecule has 94 valence electrons. The van der Waals surface area contributed by atoms with Crippen molar-refractivity contribution in [2.45, 2.75) is 6.92 Å². The fraction of sp³-hybridized carbons (Fsp3) is 0.0667. The largest absolute Gasteiger partial charge is 0.398 e. The number of rotatable bonds is 2. The van der Waals surface area contributed by atoms with Crippen molar-refractivity contribution in [2.24, 2.45) is 0 Å². The molecule has 0 radical (unpaired) electrons. The first-order valence-corrected chi connectivity index (χ1v) is 6.07. The van der Waals surface area contributed by atoms with E-state index in [0.717, 1.165) is 22.6 Å². The molecule has 0 unspecified atom stereocenters. The lowest BCUT2D eigenvalue weighted by atomic mass is 10.1. The van der Waals surface area contributed by atoms with Gasteiger partial charge in [0.2, 0.25) is 0 Å². The summed E-state index contributed by atoms with van der Waals surface area (Å²) in [6.45, 7) is 2.03. The Bertz CT molecular complexity index is 701. The summed E-state index contributed by atoms with van der Waals surface area (Å²) >= 11 is 0. The molecule has 0 saturated heterocycles. The van der Waals surface area contributed by atoms with Gasteiger partial charge in [0.1, 0.15) is 6.33 Å². The van der Waals surface area contributed by atoms with E-state index >= 15 is 0 Å². The quantitative estimate of drug-likeness (QED) is 0.711. The lowest BCUT2D eigenvalue weighted by molar-refractivity contribution is 1.06. The van der Waals surface area contributed by atoms with Crippen LogP contribution in [-0.2, 0) is 0 Å². The van der Waals surface area contributed by atoms with Crippen LogP contribution in [0.5, 0.6) is 0 Å². The maximum Gasteiger partial charge on any atom is 0.170 e. The van der Waals surface area contributed by atoms with Gasteiger partial charge in [-0.3, -0.25) is 4.57 Å². The van der Waals surface area contributed by atoms with Gasteiger partial charge >= 0.3 is 0 Å². The van der Waals surface area contributed by atoms with E-state index in [4.69, 9.17) is 5.73 Å². The van der Waals surface area contributed by atoms with Gasteiger partial charge in [0.25, 0.3) is 0 Å². The van der Waals surface area contributed by atoms with Crippen molar-refractivity contribution in [1.82, 2.24) is 14.8 Å². The molecule has 4 heteroatoms. The maximum atomic E-state index is 6.05. The highest BCUT2D eigenvalue weighted by Crippen LogP contribution is 2.26. The van der Waals surface area contributed by atoms with Crippen LogP contribution < -0.4 is 5.73 Å². The summed E-state index contributed by atoms with van der Waals surface area (Å²) in [6.07, 6.45) is 1.70. The molecule has 2 aromatic carbocycles. The molecular weight excluding hydrogens is 236 g/mol. The van der Waals surface area contributed by atoms with Crippen molar-refractivity contribution in [3.8, 4) is 17.1 Å². The maximum absolute atomic E-state index is 6.05. The minimum Gasteiger partial charge on any atom is -0.398 e. The number of hydrogen-bond donors (Lipinski definition) is 1. The number of benzene rings is 2. The van der Waals surface area contributed by atoms with Crippen LogP contribution >= 0.6 is 0 Å². The molecule has 0 saturated carbocycles. The number of anilines is 1. The normalized spacial score (nSPS) is 10.6. The number of nitrogens with two attached hydrogens (primary N) is 1. The second-order valence-electron chi connectivity index (χ2n) is 4.45. The Labute approximate surface area is 111 Å².